The average molecular weight is 434 g/mol. The third kappa shape index (κ3) is 3.47. The number of halogens is 2. The highest BCUT2D eigenvalue weighted by molar-refractivity contribution is 5.94. The summed E-state index contributed by atoms with van der Waals surface area (Å²) >= 11 is 0. The summed E-state index contributed by atoms with van der Waals surface area (Å²) in [6.07, 6.45) is 2.38. The van der Waals surface area contributed by atoms with E-state index in [0.29, 0.717) is 19.5 Å². The lowest BCUT2D eigenvalue weighted by atomic mass is 10.1. The largest absolute Gasteiger partial charge is 0.497 e. The molecular formula is C24H20F2N4O2. The highest BCUT2D eigenvalue weighted by Crippen LogP contribution is 2.33. The Labute approximate surface area is 183 Å². The van der Waals surface area contributed by atoms with Crippen LogP contribution in [0.3, 0.4) is 0 Å². The first kappa shape index (κ1) is 20.1. The SMILES string of the molecule is COc1ccc(-c2nc3cccnc3n2[C@H]2CCN(C(=O)c3ccc(F)cc3F)C2)cc1. The van der Waals surface area contributed by atoms with Gasteiger partial charge in [-0.25, -0.2) is 18.7 Å². The van der Waals surface area contributed by atoms with Crippen molar-refractivity contribution in [1.29, 1.82) is 0 Å². The number of imidazole rings is 1. The number of likely N-dealkylation sites (tertiary alicyclic amines) is 1. The number of methoxy groups -OCH3 is 1. The number of fused-ring (bicyclic) bond motifs is 1. The van der Waals surface area contributed by atoms with Gasteiger partial charge in [-0.15, -0.1) is 0 Å². The van der Waals surface area contributed by atoms with Crippen LogP contribution < -0.4 is 4.74 Å². The molecule has 32 heavy (non-hydrogen) atoms. The number of aromatic nitrogens is 3. The predicted octanol–water partition coefficient (Wildman–Crippen LogP) is 4.47. The molecule has 1 fully saturated rings. The van der Waals surface area contributed by atoms with Crippen LogP contribution in [0, 0.1) is 11.6 Å². The summed E-state index contributed by atoms with van der Waals surface area (Å²) in [6.45, 7) is 0.829. The van der Waals surface area contributed by atoms with E-state index in [1.54, 1.807) is 18.2 Å². The van der Waals surface area contributed by atoms with Crippen molar-refractivity contribution >= 4 is 17.1 Å². The molecule has 3 heterocycles. The summed E-state index contributed by atoms with van der Waals surface area (Å²) in [6, 6.07) is 14.3. The Kier molecular flexibility index (Phi) is 5.05. The number of hydrogen-bond acceptors (Lipinski definition) is 4. The number of nitrogens with zero attached hydrogens (tertiary/aromatic N) is 4. The Morgan fingerprint density at radius 1 is 1.12 bits per heavy atom. The molecule has 0 bridgehead atoms. The van der Waals surface area contributed by atoms with E-state index in [9.17, 15) is 13.6 Å². The van der Waals surface area contributed by atoms with Crippen LogP contribution in [0.5, 0.6) is 5.75 Å². The second kappa shape index (κ2) is 8.03. The second-order valence-electron chi connectivity index (χ2n) is 7.70. The zero-order chi connectivity index (χ0) is 22.2. The Balaban J connectivity index is 1.50. The first-order valence-electron chi connectivity index (χ1n) is 10.3. The van der Waals surface area contributed by atoms with E-state index in [1.807, 2.05) is 41.0 Å². The van der Waals surface area contributed by atoms with E-state index in [4.69, 9.17) is 9.72 Å². The summed E-state index contributed by atoms with van der Waals surface area (Å²) < 4.78 is 34.7. The van der Waals surface area contributed by atoms with Crippen molar-refractivity contribution in [1.82, 2.24) is 19.4 Å². The van der Waals surface area contributed by atoms with Crippen LogP contribution in [0.25, 0.3) is 22.6 Å². The zero-order valence-electron chi connectivity index (χ0n) is 17.3. The fraction of sp³-hybridized carbons (Fsp3) is 0.208. The maximum Gasteiger partial charge on any atom is 0.256 e. The Hall–Kier alpha value is -3.81. The minimum Gasteiger partial charge on any atom is -0.497 e. The number of pyridine rings is 1. The van der Waals surface area contributed by atoms with Crippen molar-refractivity contribution < 1.29 is 18.3 Å². The van der Waals surface area contributed by atoms with Crippen LogP contribution >= 0.6 is 0 Å². The van der Waals surface area contributed by atoms with E-state index in [1.165, 1.54) is 6.07 Å². The fourth-order valence-corrected chi connectivity index (χ4v) is 4.19. The molecule has 162 valence electrons. The van der Waals surface area contributed by atoms with E-state index >= 15 is 0 Å². The molecule has 0 N–H and O–H groups in total. The van der Waals surface area contributed by atoms with Gasteiger partial charge >= 0.3 is 0 Å². The molecule has 0 aliphatic carbocycles. The molecular weight excluding hydrogens is 414 g/mol. The Morgan fingerprint density at radius 3 is 2.69 bits per heavy atom. The second-order valence-corrected chi connectivity index (χ2v) is 7.70. The molecule has 0 unspecified atom stereocenters. The van der Waals surface area contributed by atoms with Crippen LogP contribution in [0.2, 0.25) is 0 Å². The molecule has 4 aromatic rings. The van der Waals surface area contributed by atoms with Gasteiger partial charge in [-0.2, -0.15) is 0 Å². The van der Waals surface area contributed by atoms with Gasteiger partial charge < -0.3 is 14.2 Å². The smallest absolute Gasteiger partial charge is 0.256 e. The van der Waals surface area contributed by atoms with E-state index in [0.717, 1.165) is 40.4 Å². The van der Waals surface area contributed by atoms with Gasteiger partial charge in [0.05, 0.1) is 18.7 Å². The predicted molar refractivity (Wildman–Crippen MR) is 115 cm³/mol. The molecule has 5 rings (SSSR count). The molecule has 1 aliphatic rings. The van der Waals surface area contributed by atoms with Crippen molar-refractivity contribution in [3.63, 3.8) is 0 Å². The van der Waals surface area contributed by atoms with E-state index in [2.05, 4.69) is 4.98 Å². The topological polar surface area (TPSA) is 60.3 Å². The monoisotopic (exact) mass is 434 g/mol. The van der Waals surface area contributed by atoms with Crippen molar-refractivity contribution in [3.8, 4) is 17.1 Å². The lowest BCUT2D eigenvalue weighted by molar-refractivity contribution is 0.0783. The first-order valence-corrected chi connectivity index (χ1v) is 10.3. The highest BCUT2D eigenvalue weighted by atomic mass is 19.1. The third-order valence-corrected chi connectivity index (χ3v) is 5.77. The number of amides is 1. The van der Waals surface area contributed by atoms with E-state index < -0.39 is 17.5 Å². The average Bonchev–Trinajstić information content (AvgIpc) is 3.43. The lowest BCUT2D eigenvalue weighted by Crippen LogP contribution is -2.30. The van der Waals surface area contributed by atoms with Gasteiger partial charge in [0, 0.05) is 30.9 Å². The number of rotatable bonds is 4. The first-order chi connectivity index (χ1) is 15.5. The highest BCUT2D eigenvalue weighted by Gasteiger charge is 2.32. The molecule has 0 spiro atoms. The van der Waals surface area contributed by atoms with Gasteiger partial charge in [-0.1, -0.05) is 0 Å². The number of hydrogen-bond donors (Lipinski definition) is 0. The van der Waals surface area contributed by atoms with Crippen molar-refractivity contribution in [2.45, 2.75) is 12.5 Å². The molecule has 2 aromatic carbocycles. The van der Waals surface area contributed by atoms with Crippen LogP contribution in [-0.2, 0) is 0 Å². The summed E-state index contributed by atoms with van der Waals surface area (Å²) in [4.78, 5) is 23.8. The molecule has 6 nitrogen and oxygen atoms in total. The quantitative estimate of drug-likeness (QED) is 0.476. The van der Waals surface area contributed by atoms with Crippen LogP contribution in [0.4, 0.5) is 8.78 Å². The van der Waals surface area contributed by atoms with Crippen LogP contribution in [0.1, 0.15) is 22.8 Å². The number of carbonyl (C=O) groups is 1. The molecule has 1 saturated heterocycles. The van der Waals surface area contributed by atoms with Gasteiger partial charge in [-0.3, -0.25) is 4.79 Å². The normalized spacial score (nSPS) is 16.0. The third-order valence-electron chi connectivity index (χ3n) is 5.77. The maximum absolute atomic E-state index is 14.2. The molecule has 8 heteroatoms. The van der Waals surface area contributed by atoms with Gasteiger partial charge in [0.1, 0.15) is 28.7 Å². The molecule has 0 radical (unpaired) electrons. The molecule has 0 saturated carbocycles. The molecule has 1 amide bonds. The fourth-order valence-electron chi connectivity index (χ4n) is 4.19. The molecule has 2 aromatic heterocycles. The van der Waals surface area contributed by atoms with Gasteiger partial charge in [0.15, 0.2) is 5.65 Å². The summed E-state index contributed by atoms with van der Waals surface area (Å²) in [5.74, 6) is -0.527. The van der Waals surface area contributed by atoms with Crippen LogP contribution in [0.15, 0.2) is 60.8 Å². The zero-order valence-corrected chi connectivity index (χ0v) is 17.3. The Morgan fingerprint density at radius 2 is 1.94 bits per heavy atom. The summed E-state index contributed by atoms with van der Waals surface area (Å²) in [7, 11) is 1.61. The Bertz CT molecular complexity index is 1300. The maximum atomic E-state index is 14.2. The number of ether oxygens (including phenoxy) is 1. The number of carbonyl (C=O) groups excluding carboxylic acids is 1. The van der Waals surface area contributed by atoms with Gasteiger partial charge in [0.2, 0.25) is 0 Å². The molecule has 1 aliphatic heterocycles. The minimum absolute atomic E-state index is 0.0838. The van der Waals surface area contributed by atoms with Crippen LogP contribution in [-0.4, -0.2) is 45.5 Å². The van der Waals surface area contributed by atoms with E-state index in [-0.39, 0.29) is 11.6 Å². The molecule has 1 atom stereocenters. The van der Waals surface area contributed by atoms with Gasteiger partial charge in [-0.05, 0) is 55.0 Å². The van der Waals surface area contributed by atoms with Gasteiger partial charge in [0.25, 0.3) is 5.91 Å². The minimum atomic E-state index is -0.855. The summed E-state index contributed by atoms with van der Waals surface area (Å²) in [5, 5.41) is 0. The standard InChI is InChI=1S/C24H20F2N4O2/c1-32-18-7-4-15(5-8-18)22-28-21-3-2-11-27-23(21)30(22)17-10-12-29(14-17)24(31)19-9-6-16(25)13-20(19)26/h2-9,11,13,17H,10,12,14H2,1H3/t17-/m0/s1. The summed E-state index contributed by atoms with van der Waals surface area (Å²) in [5.41, 5.74) is 2.26. The van der Waals surface area contributed by atoms with Crippen molar-refractivity contribution in [3.05, 3.63) is 78.0 Å². The lowest BCUT2D eigenvalue weighted by Gasteiger charge is -2.19. The van der Waals surface area contributed by atoms with Crippen molar-refractivity contribution in [2.24, 2.45) is 0 Å². The van der Waals surface area contributed by atoms with Crippen molar-refractivity contribution in [2.75, 3.05) is 20.2 Å². The number of benzene rings is 2.